The van der Waals surface area contributed by atoms with Gasteiger partial charge < -0.3 is 15.0 Å². The van der Waals surface area contributed by atoms with Gasteiger partial charge in [0, 0.05) is 18.4 Å². The van der Waals surface area contributed by atoms with E-state index in [2.05, 4.69) is 5.32 Å². The number of phenolic OH excluding ortho intramolecular Hbond substituents is 1. The minimum absolute atomic E-state index is 0.0510. The molecule has 5 rings (SSSR count). The smallest absolute Gasteiger partial charge is 0.226 e. The van der Waals surface area contributed by atoms with Crippen molar-refractivity contribution in [3.8, 4) is 5.75 Å². The predicted octanol–water partition coefficient (Wildman–Crippen LogP) is 4.47. The van der Waals surface area contributed by atoms with Crippen molar-refractivity contribution in [3.05, 3.63) is 72.8 Å². The van der Waals surface area contributed by atoms with Gasteiger partial charge in [-0.05, 0) is 30.3 Å². The Hall–Kier alpha value is -3.93. The molecule has 0 saturated heterocycles. The Morgan fingerprint density at radius 1 is 0.897 bits per heavy atom. The molecule has 0 atom stereocenters. The van der Waals surface area contributed by atoms with Crippen LogP contribution in [0.3, 0.4) is 0 Å². The molecule has 0 aliphatic carbocycles. The van der Waals surface area contributed by atoms with E-state index in [0.717, 1.165) is 33.1 Å². The van der Waals surface area contributed by atoms with Gasteiger partial charge in [0.05, 0.1) is 22.2 Å². The quantitative estimate of drug-likeness (QED) is 0.449. The van der Waals surface area contributed by atoms with E-state index in [0.29, 0.717) is 12.2 Å². The maximum absolute atomic E-state index is 12.5. The summed E-state index contributed by atoms with van der Waals surface area (Å²) in [7, 11) is 0. The van der Waals surface area contributed by atoms with Crippen molar-refractivity contribution >= 4 is 44.7 Å². The highest BCUT2D eigenvalue weighted by Gasteiger charge is 2.15. The fraction of sp³-hybridized carbons (Fsp3) is 0.0870. The standard InChI is InChI=1S/C23H18N4O2/c28-20-12-6-4-10-18(20)24-21(29)13-14-27-19-11-5-1-7-15(19)22-23(27)26-17-9-3-2-8-16(17)25-22/h1-12,28H,13-14H2,(H,24,29). The average molecular weight is 382 g/mol. The van der Waals surface area contributed by atoms with Crippen LogP contribution in [-0.2, 0) is 11.3 Å². The van der Waals surface area contributed by atoms with Gasteiger partial charge in [-0.3, -0.25) is 4.79 Å². The van der Waals surface area contributed by atoms with Gasteiger partial charge in [0.15, 0.2) is 5.65 Å². The topological polar surface area (TPSA) is 80.0 Å². The Kier molecular flexibility index (Phi) is 4.09. The van der Waals surface area contributed by atoms with E-state index >= 15 is 0 Å². The number of carbonyl (C=O) groups excluding carboxylic acids is 1. The number of para-hydroxylation sites is 5. The number of nitrogens with zero attached hydrogens (tertiary/aromatic N) is 3. The highest BCUT2D eigenvalue weighted by molar-refractivity contribution is 6.06. The molecule has 6 heteroatoms. The number of aromatic hydroxyl groups is 1. The molecule has 6 nitrogen and oxygen atoms in total. The highest BCUT2D eigenvalue weighted by atomic mass is 16.3. The third kappa shape index (κ3) is 3.04. The molecule has 142 valence electrons. The maximum Gasteiger partial charge on any atom is 0.226 e. The zero-order valence-corrected chi connectivity index (χ0v) is 15.5. The molecule has 29 heavy (non-hydrogen) atoms. The number of carbonyl (C=O) groups is 1. The van der Waals surface area contributed by atoms with Gasteiger partial charge >= 0.3 is 0 Å². The SMILES string of the molecule is O=C(CCn1c2ccccc2c2nc3ccccc3nc21)Nc1ccccc1O. The van der Waals surface area contributed by atoms with Crippen molar-refractivity contribution in [1.29, 1.82) is 0 Å². The minimum atomic E-state index is -0.175. The van der Waals surface area contributed by atoms with Crippen molar-refractivity contribution < 1.29 is 9.90 Å². The number of aromatic nitrogens is 3. The van der Waals surface area contributed by atoms with Crippen LogP contribution < -0.4 is 5.32 Å². The molecule has 0 aliphatic heterocycles. The Balaban J connectivity index is 1.52. The number of hydrogen-bond acceptors (Lipinski definition) is 4. The predicted molar refractivity (Wildman–Crippen MR) is 114 cm³/mol. The average Bonchev–Trinajstić information content (AvgIpc) is 3.05. The number of nitrogens with one attached hydrogen (secondary N) is 1. The van der Waals surface area contributed by atoms with E-state index in [1.807, 2.05) is 53.1 Å². The summed E-state index contributed by atoms with van der Waals surface area (Å²) in [5, 5.41) is 13.6. The molecule has 2 aromatic heterocycles. The zero-order chi connectivity index (χ0) is 19.8. The molecule has 0 aliphatic rings. The van der Waals surface area contributed by atoms with Crippen LogP contribution in [0.5, 0.6) is 5.75 Å². The second kappa shape index (κ2) is 6.91. The van der Waals surface area contributed by atoms with Crippen LogP contribution in [0.25, 0.3) is 33.1 Å². The van der Waals surface area contributed by atoms with Crippen LogP contribution in [0.15, 0.2) is 72.8 Å². The van der Waals surface area contributed by atoms with E-state index in [-0.39, 0.29) is 18.1 Å². The van der Waals surface area contributed by atoms with Crippen LogP contribution in [0.2, 0.25) is 0 Å². The van der Waals surface area contributed by atoms with Gasteiger partial charge in [0.25, 0.3) is 0 Å². The summed E-state index contributed by atoms with van der Waals surface area (Å²) in [4.78, 5) is 22.1. The van der Waals surface area contributed by atoms with Gasteiger partial charge in [-0.15, -0.1) is 0 Å². The lowest BCUT2D eigenvalue weighted by Gasteiger charge is -2.09. The molecule has 3 aromatic carbocycles. The summed E-state index contributed by atoms with van der Waals surface area (Å²) >= 11 is 0. The molecule has 0 unspecified atom stereocenters. The van der Waals surface area contributed by atoms with Gasteiger partial charge in [-0.2, -0.15) is 0 Å². The second-order valence-corrected chi connectivity index (χ2v) is 6.87. The molecular weight excluding hydrogens is 364 g/mol. The number of benzene rings is 3. The molecule has 0 radical (unpaired) electrons. The van der Waals surface area contributed by atoms with Crippen molar-refractivity contribution in [2.24, 2.45) is 0 Å². The van der Waals surface area contributed by atoms with E-state index in [1.54, 1.807) is 24.3 Å². The third-order valence-electron chi connectivity index (χ3n) is 5.00. The van der Waals surface area contributed by atoms with Gasteiger partial charge in [-0.25, -0.2) is 9.97 Å². The number of aryl methyl sites for hydroxylation is 1. The lowest BCUT2D eigenvalue weighted by atomic mass is 10.2. The van der Waals surface area contributed by atoms with Gasteiger partial charge in [-0.1, -0.05) is 42.5 Å². The normalized spacial score (nSPS) is 11.3. The number of rotatable bonds is 4. The third-order valence-corrected chi connectivity index (χ3v) is 5.00. The summed E-state index contributed by atoms with van der Waals surface area (Å²) in [6.45, 7) is 0.455. The van der Waals surface area contributed by atoms with Crippen LogP contribution in [0, 0.1) is 0 Å². The van der Waals surface area contributed by atoms with Crippen molar-refractivity contribution in [2.75, 3.05) is 5.32 Å². The minimum Gasteiger partial charge on any atom is -0.506 e. The van der Waals surface area contributed by atoms with E-state index in [1.165, 1.54) is 0 Å². The van der Waals surface area contributed by atoms with Crippen LogP contribution >= 0.6 is 0 Å². The number of phenols is 1. The van der Waals surface area contributed by atoms with Crippen LogP contribution in [0.1, 0.15) is 6.42 Å². The first kappa shape index (κ1) is 17.2. The summed E-state index contributed by atoms with van der Waals surface area (Å²) in [5.41, 5.74) is 4.67. The largest absolute Gasteiger partial charge is 0.506 e. The molecule has 0 bridgehead atoms. The van der Waals surface area contributed by atoms with Gasteiger partial charge in [0.1, 0.15) is 11.3 Å². The van der Waals surface area contributed by atoms with Crippen LogP contribution in [0.4, 0.5) is 5.69 Å². The van der Waals surface area contributed by atoms with Gasteiger partial charge in [0.2, 0.25) is 5.91 Å². The number of anilines is 1. The van der Waals surface area contributed by atoms with Crippen molar-refractivity contribution in [1.82, 2.24) is 14.5 Å². The Morgan fingerprint density at radius 3 is 2.41 bits per heavy atom. The van der Waals surface area contributed by atoms with Crippen LogP contribution in [-0.4, -0.2) is 25.5 Å². The Labute approximate surface area is 166 Å². The van der Waals surface area contributed by atoms with E-state index in [9.17, 15) is 9.90 Å². The summed E-state index contributed by atoms with van der Waals surface area (Å²) in [6.07, 6.45) is 0.247. The molecule has 1 amide bonds. The Morgan fingerprint density at radius 2 is 1.59 bits per heavy atom. The molecular formula is C23H18N4O2. The summed E-state index contributed by atoms with van der Waals surface area (Å²) < 4.78 is 2.04. The van der Waals surface area contributed by atoms with Crippen molar-refractivity contribution in [3.63, 3.8) is 0 Å². The first-order valence-electron chi connectivity index (χ1n) is 9.42. The first-order chi connectivity index (χ1) is 14.2. The maximum atomic E-state index is 12.5. The highest BCUT2D eigenvalue weighted by Crippen LogP contribution is 2.28. The Bertz CT molecular complexity index is 1370. The second-order valence-electron chi connectivity index (χ2n) is 6.87. The first-order valence-corrected chi connectivity index (χ1v) is 9.42. The molecule has 0 spiro atoms. The lowest BCUT2D eigenvalue weighted by Crippen LogP contribution is -2.14. The molecule has 2 N–H and O–H groups in total. The lowest BCUT2D eigenvalue weighted by molar-refractivity contribution is -0.116. The number of fused-ring (bicyclic) bond motifs is 4. The number of hydrogen-bond donors (Lipinski definition) is 2. The molecule has 5 aromatic rings. The van der Waals surface area contributed by atoms with E-state index in [4.69, 9.17) is 9.97 Å². The molecule has 0 fully saturated rings. The molecule has 2 heterocycles. The fourth-order valence-electron chi connectivity index (χ4n) is 3.61. The number of amides is 1. The summed E-state index contributed by atoms with van der Waals surface area (Å²) in [6, 6.07) is 22.5. The van der Waals surface area contributed by atoms with E-state index < -0.39 is 0 Å². The molecule has 0 saturated carbocycles. The van der Waals surface area contributed by atoms with Crippen molar-refractivity contribution in [2.45, 2.75) is 13.0 Å². The zero-order valence-electron chi connectivity index (χ0n) is 15.5. The fourth-order valence-corrected chi connectivity index (χ4v) is 3.61. The summed E-state index contributed by atoms with van der Waals surface area (Å²) in [5.74, 6) is -0.124. The monoisotopic (exact) mass is 382 g/mol.